The Hall–Kier alpha value is -4.85. The Bertz CT molecular complexity index is 2080. The molecule has 12 nitrogen and oxygen atoms in total. The van der Waals surface area contributed by atoms with Crippen LogP contribution in [-0.2, 0) is 16.4 Å². The maximum atomic E-state index is 14.2. The Morgan fingerprint density at radius 1 is 1.08 bits per heavy atom. The predicted molar refractivity (Wildman–Crippen MR) is 188 cm³/mol. The maximum absolute atomic E-state index is 14.2. The molecule has 0 saturated carbocycles. The lowest BCUT2D eigenvalue weighted by Crippen LogP contribution is -2.39. The van der Waals surface area contributed by atoms with Crippen LogP contribution in [-0.4, -0.2) is 90.5 Å². The first-order valence-electron chi connectivity index (χ1n) is 15.9. The van der Waals surface area contributed by atoms with Gasteiger partial charge in [-0.05, 0) is 82.0 Å². The molecular formula is C35H40N8O4S. The van der Waals surface area contributed by atoms with Crippen molar-refractivity contribution < 1.29 is 12.9 Å². The Labute approximate surface area is 280 Å². The van der Waals surface area contributed by atoms with Crippen LogP contribution in [0.1, 0.15) is 29.5 Å². The molecule has 5 aromatic rings. The average molecular weight is 669 g/mol. The normalized spacial score (nSPS) is 15.5. The summed E-state index contributed by atoms with van der Waals surface area (Å²) in [7, 11) is 1.91. The van der Waals surface area contributed by atoms with Crippen molar-refractivity contribution in [2.45, 2.75) is 30.5 Å². The lowest BCUT2D eigenvalue weighted by molar-refractivity contribution is 0.261. The third-order valence-corrected chi connectivity index (χ3v) is 10.1. The molecule has 1 saturated heterocycles. The number of anilines is 3. The van der Waals surface area contributed by atoms with Gasteiger partial charge in [0.2, 0.25) is 15.8 Å². The van der Waals surface area contributed by atoms with Crippen molar-refractivity contribution >= 4 is 43.8 Å². The summed E-state index contributed by atoms with van der Waals surface area (Å²) in [6.07, 6.45) is 5.28. The van der Waals surface area contributed by atoms with Gasteiger partial charge < -0.3 is 25.0 Å². The fraction of sp³-hybridized carbons (Fsp3) is 0.314. The molecule has 6 rings (SSSR count). The number of likely N-dealkylation sites (tertiary alicyclic amines) is 1. The van der Waals surface area contributed by atoms with Gasteiger partial charge in [0.15, 0.2) is 0 Å². The van der Waals surface area contributed by atoms with Gasteiger partial charge in [0, 0.05) is 47.7 Å². The van der Waals surface area contributed by atoms with E-state index in [1.54, 1.807) is 31.3 Å². The van der Waals surface area contributed by atoms with Crippen LogP contribution in [0.15, 0.2) is 94.0 Å². The second-order valence-electron chi connectivity index (χ2n) is 12.5. The van der Waals surface area contributed by atoms with E-state index in [4.69, 9.17) is 9.51 Å². The number of hydrogen-bond acceptors (Lipinski definition) is 11. The van der Waals surface area contributed by atoms with Crippen molar-refractivity contribution in [3.05, 3.63) is 107 Å². The maximum Gasteiger partial charge on any atom is 0.260 e. The molecule has 1 aliphatic rings. The number of fused-ring (bicyclic) bond motifs is 1. The van der Waals surface area contributed by atoms with Gasteiger partial charge in [-0.15, -0.1) is 0 Å². The second-order valence-corrected chi connectivity index (χ2v) is 14.5. The molecule has 0 amide bonds. The second kappa shape index (κ2) is 14.1. The molecule has 2 N–H and O–H groups in total. The van der Waals surface area contributed by atoms with Gasteiger partial charge in [-0.25, -0.2) is 13.4 Å². The molecule has 0 bridgehead atoms. The summed E-state index contributed by atoms with van der Waals surface area (Å²) in [4.78, 5) is 27.6. The van der Waals surface area contributed by atoms with Crippen molar-refractivity contribution in [3.8, 4) is 0 Å². The number of pyridine rings is 1. The van der Waals surface area contributed by atoms with E-state index >= 15 is 0 Å². The van der Waals surface area contributed by atoms with E-state index in [1.807, 2.05) is 54.6 Å². The topological polar surface area (TPSA) is 138 Å². The van der Waals surface area contributed by atoms with Gasteiger partial charge in [-0.3, -0.25) is 9.36 Å². The van der Waals surface area contributed by atoms with Gasteiger partial charge in [0.1, 0.15) is 5.65 Å². The van der Waals surface area contributed by atoms with Crippen molar-refractivity contribution in [1.82, 2.24) is 29.5 Å². The molecule has 1 aliphatic heterocycles. The average Bonchev–Trinajstić information content (AvgIpc) is 3.56. The summed E-state index contributed by atoms with van der Waals surface area (Å²) in [6.45, 7) is 6.50. The minimum atomic E-state index is -3.82. The number of nitrogens with zero attached hydrogens (tertiary/aromatic N) is 6. The van der Waals surface area contributed by atoms with Crippen LogP contribution in [0.3, 0.4) is 0 Å². The van der Waals surface area contributed by atoms with E-state index in [0.29, 0.717) is 34.8 Å². The third kappa shape index (κ3) is 7.48. The number of piperidine rings is 1. The number of nitrogens with one attached hydrogen (secondary N) is 2. The smallest absolute Gasteiger partial charge is 0.260 e. The van der Waals surface area contributed by atoms with Crippen LogP contribution in [0.5, 0.6) is 0 Å². The fourth-order valence-corrected chi connectivity index (χ4v) is 7.32. The highest BCUT2D eigenvalue weighted by Gasteiger charge is 2.26. The Kier molecular flexibility index (Phi) is 9.71. The first kappa shape index (κ1) is 33.1. The molecule has 0 radical (unpaired) electrons. The Morgan fingerprint density at radius 2 is 1.83 bits per heavy atom. The molecule has 1 fully saturated rings. The molecular weight excluding hydrogens is 629 g/mol. The monoisotopic (exact) mass is 668 g/mol. The van der Waals surface area contributed by atoms with Crippen LogP contribution < -0.4 is 16.2 Å². The van der Waals surface area contributed by atoms with Gasteiger partial charge >= 0.3 is 0 Å². The summed E-state index contributed by atoms with van der Waals surface area (Å²) in [6, 6.07) is 19.4. The van der Waals surface area contributed by atoms with Crippen LogP contribution in [0.25, 0.3) is 16.6 Å². The number of rotatable bonds is 12. The van der Waals surface area contributed by atoms with Gasteiger partial charge in [-0.2, -0.15) is 4.98 Å². The number of sulfone groups is 1. The Balaban J connectivity index is 1.35. The SMILES string of the molecule is C=C(c1ccccc1)c1cc2cnc(Nc3ccc(NC4CCCN(C)C4)cc3)nc2n(Cc2cnoc2S(=O)(=O)CCN(C)C)c1=O. The number of hydrogen-bond donors (Lipinski definition) is 2. The van der Waals surface area contributed by atoms with E-state index in [9.17, 15) is 13.2 Å². The minimum absolute atomic E-state index is 0.140. The predicted octanol–water partition coefficient (Wildman–Crippen LogP) is 4.47. The van der Waals surface area contributed by atoms with E-state index in [2.05, 4.69) is 39.3 Å². The molecule has 250 valence electrons. The van der Waals surface area contributed by atoms with Crippen LogP contribution in [0, 0.1) is 0 Å². The lowest BCUT2D eigenvalue weighted by Gasteiger charge is -2.30. The third-order valence-electron chi connectivity index (χ3n) is 8.44. The zero-order valence-electron chi connectivity index (χ0n) is 27.4. The fourth-order valence-electron chi connectivity index (χ4n) is 5.85. The molecule has 1 unspecified atom stereocenters. The molecule has 0 spiro atoms. The molecule has 0 aliphatic carbocycles. The molecule has 3 aromatic heterocycles. The van der Waals surface area contributed by atoms with Gasteiger partial charge in [0.05, 0.1) is 24.1 Å². The van der Waals surface area contributed by atoms with Gasteiger partial charge in [-0.1, -0.05) is 42.1 Å². The lowest BCUT2D eigenvalue weighted by atomic mass is 10.00. The van der Waals surface area contributed by atoms with E-state index < -0.39 is 9.84 Å². The van der Waals surface area contributed by atoms with E-state index in [1.165, 1.54) is 17.2 Å². The number of likely N-dealkylation sites (N-methyl/N-ethyl adjacent to an activating group) is 1. The summed E-state index contributed by atoms with van der Waals surface area (Å²) in [5, 5.41) is 11.0. The largest absolute Gasteiger partial charge is 0.381 e. The summed E-state index contributed by atoms with van der Waals surface area (Å²) in [5.74, 6) is 0.120. The molecule has 13 heteroatoms. The zero-order valence-corrected chi connectivity index (χ0v) is 28.2. The van der Waals surface area contributed by atoms with Crippen molar-refractivity contribution in [2.75, 3.05) is 57.2 Å². The zero-order chi connectivity index (χ0) is 33.8. The number of benzene rings is 2. The minimum Gasteiger partial charge on any atom is -0.381 e. The van der Waals surface area contributed by atoms with Crippen molar-refractivity contribution in [1.29, 1.82) is 0 Å². The Morgan fingerprint density at radius 3 is 2.56 bits per heavy atom. The molecule has 48 heavy (non-hydrogen) atoms. The first-order chi connectivity index (χ1) is 23.1. The van der Waals surface area contributed by atoms with Gasteiger partial charge in [0.25, 0.3) is 10.7 Å². The highest BCUT2D eigenvalue weighted by atomic mass is 32.2. The van der Waals surface area contributed by atoms with Crippen LogP contribution in [0.4, 0.5) is 17.3 Å². The first-order valence-corrected chi connectivity index (χ1v) is 17.5. The molecule has 4 heterocycles. The van der Waals surface area contributed by atoms with E-state index in [-0.39, 0.29) is 34.5 Å². The van der Waals surface area contributed by atoms with Crippen LogP contribution in [0.2, 0.25) is 0 Å². The summed E-state index contributed by atoms with van der Waals surface area (Å²) >= 11 is 0. The van der Waals surface area contributed by atoms with E-state index in [0.717, 1.165) is 36.4 Å². The highest BCUT2D eigenvalue weighted by molar-refractivity contribution is 7.91. The quantitative estimate of drug-likeness (QED) is 0.195. The van der Waals surface area contributed by atoms with Crippen molar-refractivity contribution in [2.24, 2.45) is 0 Å². The number of aromatic nitrogens is 4. The van der Waals surface area contributed by atoms with Crippen LogP contribution >= 0.6 is 0 Å². The highest BCUT2D eigenvalue weighted by Crippen LogP contribution is 2.26. The molecule has 2 aromatic carbocycles. The summed E-state index contributed by atoms with van der Waals surface area (Å²) in [5.41, 5.74) is 3.64. The standard InChI is InChI=1S/C35H40N8O4S/c1-24(25-9-6-5-7-10-25)31-19-26-20-36-35(39-29-14-12-28(13-15-29)38-30-11-8-16-42(4)23-30)40-32(26)43(33(31)44)22-27-21-37-47-34(27)48(45,46)18-17-41(2)3/h5-7,9-10,12-15,19-21,30,38H,1,8,11,16-18,22-23H2,2-4H3,(H,36,39,40). The molecule has 1 atom stereocenters. The summed E-state index contributed by atoms with van der Waals surface area (Å²) < 4.78 is 33.1. The van der Waals surface area contributed by atoms with Crippen molar-refractivity contribution in [3.63, 3.8) is 0 Å².